The minimum absolute atomic E-state index is 0.0625. The minimum atomic E-state index is -1.01. The Morgan fingerprint density at radius 2 is 1.05 bits per heavy atom. The number of carboxylic acid groups (broad SMARTS) is 3. The van der Waals surface area contributed by atoms with Crippen molar-refractivity contribution in [1.82, 2.24) is 29.8 Å². The maximum Gasteiger partial charge on any atom is 0.317 e. The summed E-state index contributed by atoms with van der Waals surface area (Å²) in [5.74, 6) is -3.27. The molecule has 1 amide bonds. The Hall–Kier alpha value is -3.43. The topological polar surface area (TPSA) is 174 Å². The van der Waals surface area contributed by atoms with Gasteiger partial charge in [0.05, 0.1) is 26.2 Å². The molecule has 1 heterocycles. The summed E-state index contributed by atoms with van der Waals surface area (Å²) < 4.78 is 0. The van der Waals surface area contributed by atoms with Crippen LogP contribution in [0.5, 0.6) is 0 Å². The van der Waals surface area contributed by atoms with Crippen LogP contribution in [0.25, 0.3) is 0 Å². The smallest absolute Gasteiger partial charge is 0.317 e. The van der Waals surface area contributed by atoms with Gasteiger partial charge < -0.3 is 25.5 Å². The van der Waals surface area contributed by atoms with Gasteiger partial charge in [-0.2, -0.15) is 0 Å². The number of amides is 1. The first-order valence-electron chi connectivity index (χ1n) is 14.0. The van der Waals surface area contributed by atoms with Crippen LogP contribution in [0, 0.1) is 0 Å². The molecule has 2 rings (SSSR count). The standard InChI is InChI=1S/C28H44N6O8/c1-30(2)8-7-29-28(42)23-5-3-22(4-6-23)17-24(35)18-31-9-11-32(19-25(36)37)13-15-34(21-27(40)41)16-14-33(12-10-31)20-26(38)39/h3-6H,7-21H2,1-2H3,(H,29,42)(H,36,37)(H,38,39)(H,40,41). The molecule has 0 aromatic heterocycles. The zero-order valence-electron chi connectivity index (χ0n) is 24.5. The van der Waals surface area contributed by atoms with E-state index in [9.17, 15) is 39.3 Å². The Labute approximate surface area is 246 Å². The molecule has 1 saturated heterocycles. The second-order valence-electron chi connectivity index (χ2n) is 10.8. The monoisotopic (exact) mass is 592 g/mol. The number of ketones is 1. The summed E-state index contributed by atoms with van der Waals surface area (Å²) >= 11 is 0. The molecular weight excluding hydrogens is 548 g/mol. The van der Waals surface area contributed by atoms with Gasteiger partial charge in [0.25, 0.3) is 5.91 Å². The second-order valence-corrected chi connectivity index (χ2v) is 10.8. The lowest BCUT2D eigenvalue weighted by molar-refractivity contribution is -0.140. The Morgan fingerprint density at radius 3 is 1.40 bits per heavy atom. The van der Waals surface area contributed by atoms with Gasteiger partial charge in [0.2, 0.25) is 0 Å². The molecule has 0 unspecified atom stereocenters. The number of aliphatic carboxylic acids is 3. The fourth-order valence-corrected chi connectivity index (χ4v) is 4.59. The fraction of sp³-hybridized carbons (Fsp3) is 0.607. The molecule has 0 atom stereocenters. The lowest BCUT2D eigenvalue weighted by Gasteiger charge is -2.32. The van der Waals surface area contributed by atoms with Crippen LogP contribution >= 0.6 is 0 Å². The fourth-order valence-electron chi connectivity index (χ4n) is 4.59. The van der Waals surface area contributed by atoms with Crippen LogP contribution < -0.4 is 5.32 Å². The first kappa shape index (κ1) is 34.8. The molecule has 0 radical (unpaired) electrons. The summed E-state index contributed by atoms with van der Waals surface area (Å²) in [6.07, 6.45) is 0.154. The second kappa shape index (κ2) is 18.2. The van der Waals surface area contributed by atoms with E-state index >= 15 is 0 Å². The SMILES string of the molecule is CN(C)CCNC(=O)c1ccc(CC(=O)CN2CCN(CC(=O)O)CCN(CC(=O)O)CCN(CC(=O)O)CC2)cc1. The van der Waals surface area contributed by atoms with Crippen LogP contribution in [0.2, 0.25) is 0 Å². The van der Waals surface area contributed by atoms with Crippen molar-refractivity contribution in [1.29, 1.82) is 0 Å². The lowest BCUT2D eigenvalue weighted by Crippen LogP contribution is -2.49. The van der Waals surface area contributed by atoms with Crippen molar-refractivity contribution in [2.75, 3.05) is 106 Å². The van der Waals surface area contributed by atoms with Gasteiger partial charge in [-0.25, -0.2) is 0 Å². The Balaban J connectivity index is 2.06. The van der Waals surface area contributed by atoms with Gasteiger partial charge in [0.1, 0.15) is 0 Å². The maximum atomic E-state index is 13.0. The van der Waals surface area contributed by atoms with Crippen molar-refractivity contribution in [3.05, 3.63) is 35.4 Å². The van der Waals surface area contributed by atoms with Gasteiger partial charge in [0.15, 0.2) is 5.78 Å². The molecular formula is C28H44N6O8. The molecule has 4 N–H and O–H groups in total. The molecule has 14 nitrogen and oxygen atoms in total. The van der Waals surface area contributed by atoms with Crippen molar-refractivity contribution < 1.29 is 39.3 Å². The number of likely N-dealkylation sites (N-methyl/N-ethyl adjacent to an activating group) is 1. The normalized spacial score (nSPS) is 16.8. The summed E-state index contributed by atoms with van der Waals surface area (Å²) in [7, 11) is 3.85. The number of nitrogens with zero attached hydrogens (tertiary/aromatic N) is 5. The Bertz CT molecular complexity index is 1020. The van der Waals surface area contributed by atoms with E-state index in [1.165, 1.54) is 0 Å². The van der Waals surface area contributed by atoms with Crippen LogP contribution in [0.3, 0.4) is 0 Å². The summed E-state index contributed by atoms with van der Waals surface area (Å²) in [5, 5.41) is 30.9. The molecule has 42 heavy (non-hydrogen) atoms. The number of benzene rings is 1. The highest BCUT2D eigenvalue weighted by Crippen LogP contribution is 2.08. The molecule has 1 fully saturated rings. The molecule has 1 aliphatic heterocycles. The Kier molecular flexibility index (Phi) is 15.1. The van der Waals surface area contributed by atoms with Gasteiger partial charge in [0, 0.05) is 77.4 Å². The number of Topliss-reactive ketones (excluding diaryl/α,β-unsaturated/α-hetero) is 1. The van der Waals surface area contributed by atoms with Crippen LogP contribution in [-0.4, -0.2) is 175 Å². The van der Waals surface area contributed by atoms with Crippen LogP contribution in [0.4, 0.5) is 0 Å². The first-order chi connectivity index (χ1) is 19.9. The van der Waals surface area contributed by atoms with E-state index in [0.717, 1.165) is 12.1 Å². The average molecular weight is 593 g/mol. The molecule has 0 aliphatic carbocycles. The zero-order valence-corrected chi connectivity index (χ0v) is 24.5. The van der Waals surface area contributed by atoms with Crippen LogP contribution in [-0.2, 0) is 25.6 Å². The Morgan fingerprint density at radius 1 is 0.667 bits per heavy atom. The van der Waals surface area contributed by atoms with Gasteiger partial charge in [-0.1, -0.05) is 12.1 Å². The summed E-state index contributed by atoms with van der Waals surface area (Å²) in [6.45, 7) is 3.37. The average Bonchev–Trinajstić information content (AvgIpc) is 2.89. The number of carboxylic acids is 3. The first-order valence-corrected chi connectivity index (χ1v) is 14.0. The third-order valence-corrected chi connectivity index (χ3v) is 6.87. The highest BCUT2D eigenvalue weighted by Gasteiger charge is 2.21. The number of rotatable bonds is 14. The number of hydrogen-bond donors (Lipinski definition) is 4. The van der Waals surface area contributed by atoms with E-state index in [4.69, 9.17) is 0 Å². The molecule has 0 bridgehead atoms. The molecule has 1 aromatic carbocycles. The van der Waals surface area contributed by atoms with Crippen LogP contribution in [0.1, 0.15) is 15.9 Å². The third-order valence-electron chi connectivity index (χ3n) is 6.87. The molecule has 14 heteroatoms. The van der Waals surface area contributed by atoms with Gasteiger partial charge in [-0.05, 0) is 31.8 Å². The highest BCUT2D eigenvalue weighted by atomic mass is 16.4. The number of carbonyl (C=O) groups excluding carboxylic acids is 2. The van der Waals surface area contributed by atoms with E-state index in [-0.39, 0.29) is 44.3 Å². The summed E-state index contributed by atoms with van der Waals surface area (Å²) in [5.41, 5.74) is 1.27. The molecule has 0 saturated carbocycles. The van der Waals surface area contributed by atoms with E-state index < -0.39 is 17.9 Å². The molecule has 1 aliphatic rings. The largest absolute Gasteiger partial charge is 0.480 e. The lowest BCUT2D eigenvalue weighted by atomic mass is 10.1. The van der Waals surface area contributed by atoms with Crippen molar-refractivity contribution in [3.63, 3.8) is 0 Å². The van der Waals surface area contributed by atoms with Gasteiger partial charge in [-0.15, -0.1) is 0 Å². The molecule has 234 valence electrons. The van der Waals surface area contributed by atoms with E-state index in [0.29, 0.717) is 64.5 Å². The minimum Gasteiger partial charge on any atom is -0.480 e. The maximum absolute atomic E-state index is 13.0. The van der Waals surface area contributed by atoms with Gasteiger partial charge >= 0.3 is 17.9 Å². The van der Waals surface area contributed by atoms with Crippen molar-refractivity contribution >= 4 is 29.6 Å². The predicted molar refractivity (Wildman–Crippen MR) is 155 cm³/mol. The number of nitrogens with one attached hydrogen (secondary N) is 1. The predicted octanol–water partition coefficient (Wildman–Crippen LogP) is -1.43. The summed E-state index contributed by atoms with van der Waals surface area (Å²) in [6, 6.07) is 6.87. The highest BCUT2D eigenvalue weighted by molar-refractivity contribution is 5.94. The van der Waals surface area contributed by atoms with Crippen molar-refractivity contribution in [2.24, 2.45) is 0 Å². The van der Waals surface area contributed by atoms with E-state index in [1.807, 2.05) is 23.9 Å². The van der Waals surface area contributed by atoms with Crippen molar-refractivity contribution in [3.8, 4) is 0 Å². The van der Waals surface area contributed by atoms with Crippen molar-refractivity contribution in [2.45, 2.75) is 6.42 Å². The number of hydrogen-bond acceptors (Lipinski definition) is 10. The quantitative estimate of drug-likeness (QED) is 0.198. The third kappa shape index (κ3) is 14.5. The molecule has 1 aromatic rings. The molecule has 0 spiro atoms. The van der Waals surface area contributed by atoms with Gasteiger partial charge in [-0.3, -0.25) is 43.6 Å². The number of carbonyl (C=O) groups is 5. The van der Waals surface area contributed by atoms with Crippen LogP contribution in [0.15, 0.2) is 24.3 Å². The van der Waals surface area contributed by atoms with E-state index in [1.54, 1.807) is 39.0 Å². The zero-order chi connectivity index (χ0) is 31.1. The summed E-state index contributed by atoms with van der Waals surface area (Å²) in [4.78, 5) is 68.6. The van der Waals surface area contributed by atoms with E-state index in [2.05, 4.69) is 5.32 Å².